The van der Waals surface area contributed by atoms with Crippen LogP contribution in [0.4, 0.5) is 0 Å². The van der Waals surface area contributed by atoms with Crippen LogP contribution in [0.25, 0.3) is 0 Å². The lowest BCUT2D eigenvalue weighted by molar-refractivity contribution is 0.0466. The Bertz CT molecular complexity index is 167. The van der Waals surface area contributed by atoms with E-state index in [0.717, 1.165) is 18.9 Å². The van der Waals surface area contributed by atoms with Crippen LogP contribution in [-0.2, 0) is 4.74 Å². The monoisotopic (exact) mass is 201 g/mol. The highest BCUT2D eigenvalue weighted by molar-refractivity contribution is 4.88. The zero-order chi connectivity index (χ0) is 10.6. The van der Waals surface area contributed by atoms with E-state index in [-0.39, 0.29) is 0 Å². The van der Waals surface area contributed by atoms with E-state index in [1.54, 1.807) is 7.11 Å². The number of hydrogen-bond donors (Lipinski definition) is 2. The van der Waals surface area contributed by atoms with Gasteiger partial charge in [0.05, 0.1) is 12.2 Å². The number of aliphatic hydroxyl groups is 1. The van der Waals surface area contributed by atoms with Gasteiger partial charge in [-0.25, -0.2) is 0 Å². The normalized spacial score (nSPS) is 23.1. The van der Waals surface area contributed by atoms with Crippen LogP contribution < -0.4 is 5.32 Å². The average molecular weight is 201 g/mol. The number of ether oxygens (including phenoxy) is 1. The van der Waals surface area contributed by atoms with E-state index in [0.29, 0.717) is 12.6 Å². The summed E-state index contributed by atoms with van der Waals surface area (Å²) in [6, 6.07) is 0.429. The highest BCUT2D eigenvalue weighted by Crippen LogP contribution is 2.32. The van der Waals surface area contributed by atoms with Crippen LogP contribution in [0.5, 0.6) is 0 Å². The minimum Gasteiger partial charge on any atom is -0.389 e. The minimum absolute atomic E-state index is 0.429. The van der Waals surface area contributed by atoms with Gasteiger partial charge in [-0.15, -0.1) is 0 Å². The second-order valence-corrected chi connectivity index (χ2v) is 4.63. The van der Waals surface area contributed by atoms with Crippen LogP contribution in [0.2, 0.25) is 0 Å². The van der Waals surface area contributed by atoms with Gasteiger partial charge in [-0.2, -0.15) is 0 Å². The van der Waals surface area contributed by atoms with Gasteiger partial charge in [-0.3, -0.25) is 0 Å². The van der Waals surface area contributed by atoms with Crippen molar-refractivity contribution in [3.05, 3.63) is 0 Å². The summed E-state index contributed by atoms with van der Waals surface area (Å²) in [6.07, 6.45) is 3.38. The summed E-state index contributed by atoms with van der Waals surface area (Å²) in [5.74, 6) is 0.766. The molecule has 0 amide bonds. The Kier molecular flexibility index (Phi) is 4.35. The number of nitrogens with one attached hydrogen (secondary N) is 1. The molecule has 3 nitrogen and oxygen atoms in total. The Morgan fingerprint density at radius 2 is 2.21 bits per heavy atom. The van der Waals surface area contributed by atoms with Gasteiger partial charge >= 0.3 is 0 Å². The van der Waals surface area contributed by atoms with Crippen LogP contribution in [-0.4, -0.2) is 37.0 Å². The van der Waals surface area contributed by atoms with Crippen LogP contribution >= 0.6 is 0 Å². The topological polar surface area (TPSA) is 41.5 Å². The quantitative estimate of drug-likeness (QED) is 0.649. The second-order valence-electron chi connectivity index (χ2n) is 4.63. The third-order valence-electron chi connectivity index (χ3n) is 3.04. The molecule has 1 aliphatic carbocycles. The fourth-order valence-corrected chi connectivity index (χ4v) is 1.52. The predicted molar refractivity (Wildman–Crippen MR) is 57.3 cm³/mol. The van der Waals surface area contributed by atoms with Gasteiger partial charge in [0.15, 0.2) is 0 Å². The third kappa shape index (κ3) is 3.95. The molecule has 1 fully saturated rings. The summed E-state index contributed by atoms with van der Waals surface area (Å²) in [4.78, 5) is 0. The average Bonchev–Trinajstić information content (AvgIpc) is 2.95. The number of methoxy groups -OCH3 is 1. The van der Waals surface area contributed by atoms with E-state index < -0.39 is 5.60 Å². The molecule has 0 saturated heterocycles. The summed E-state index contributed by atoms with van der Waals surface area (Å²) in [7, 11) is 1.73. The first kappa shape index (κ1) is 12.0. The van der Waals surface area contributed by atoms with Gasteiger partial charge < -0.3 is 15.2 Å². The molecule has 0 spiro atoms. The largest absolute Gasteiger partial charge is 0.389 e. The lowest BCUT2D eigenvalue weighted by atomic mass is 10.0. The van der Waals surface area contributed by atoms with Crippen molar-refractivity contribution in [3.8, 4) is 0 Å². The molecule has 3 heteroatoms. The molecule has 2 atom stereocenters. The Labute approximate surface area is 86.8 Å². The summed E-state index contributed by atoms with van der Waals surface area (Å²) in [5.41, 5.74) is -0.582. The molecule has 0 aromatic heterocycles. The van der Waals surface area contributed by atoms with Crippen molar-refractivity contribution in [1.82, 2.24) is 5.32 Å². The molecular weight excluding hydrogens is 178 g/mol. The maximum absolute atomic E-state index is 9.84. The van der Waals surface area contributed by atoms with E-state index in [1.165, 1.54) is 12.8 Å². The van der Waals surface area contributed by atoms with E-state index in [2.05, 4.69) is 5.32 Å². The lowest BCUT2D eigenvalue weighted by Gasteiger charge is -2.26. The molecule has 1 saturated carbocycles. The van der Waals surface area contributed by atoms with Crippen LogP contribution in [0.3, 0.4) is 0 Å². The highest BCUT2D eigenvalue weighted by atomic mass is 16.5. The van der Waals surface area contributed by atoms with E-state index in [1.807, 2.05) is 13.8 Å². The first-order valence-corrected chi connectivity index (χ1v) is 5.54. The summed E-state index contributed by atoms with van der Waals surface area (Å²) in [5, 5.41) is 13.2. The van der Waals surface area contributed by atoms with Crippen LogP contribution in [0, 0.1) is 5.92 Å². The van der Waals surface area contributed by atoms with Gasteiger partial charge in [0.25, 0.3) is 0 Å². The Hall–Kier alpha value is -0.120. The number of hydrogen-bond acceptors (Lipinski definition) is 3. The maximum Gasteiger partial charge on any atom is 0.0741 e. The van der Waals surface area contributed by atoms with Crippen molar-refractivity contribution in [2.75, 3.05) is 20.3 Å². The standard InChI is InChI=1S/C11H23NO2/c1-4-11(2,13)8-12-10(7-14-3)9-5-6-9/h9-10,12-13H,4-8H2,1-3H3. The van der Waals surface area contributed by atoms with E-state index in [9.17, 15) is 5.11 Å². The molecule has 0 bridgehead atoms. The summed E-state index contributed by atoms with van der Waals surface area (Å²) in [6.45, 7) is 5.29. The fourth-order valence-electron chi connectivity index (χ4n) is 1.52. The van der Waals surface area contributed by atoms with Crippen molar-refractivity contribution in [2.45, 2.75) is 44.8 Å². The van der Waals surface area contributed by atoms with Crippen LogP contribution in [0.15, 0.2) is 0 Å². The van der Waals surface area contributed by atoms with Crippen molar-refractivity contribution in [1.29, 1.82) is 0 Å². The molecule has 1 aliphatic rings. The Balaban J connectivity index is 2.25. The SMILES string of the molecule is CCC(C)(O)CNC(COC)C1CC1. The summed E-state index contributed by atoms with van der Waals surface area (Å²) < 4.78 is 5.16. The predicted octanol–water partition coefficient (Wildman–Crippen LogP) is 1.16. The van der Waals surface area contributed by atoms with Gasteiger partial charge in [0.2, 0.25) is 0 Å². The second kappa shape index (κ2) is 5.10. The van der Waals surface area contributed by atoms with Gasteiger partial charge in [0, 0.05) is 19.7 Å². The molecule has 0 radical (unpaired) electrons. The zero-order valence-electron chi connectivity index (χ0n) is 9.55. The van der Waals surface area contributed by atoms with Crippen molar-refractivity contribution in [2.24, 2.45) is 5.92 Å². The molecule has 0 heterocycles. The smallest absolute Gasteiger partial charge is 0.0741 e. The van der Waals surface area contributed by atoms with Crippen LogP contribution in [0.1, 0.15) is 33.1 Å². The molecular formula is C11H23NO2. The molecule has 0 aromatic carbocycles. The van der Waals surface area contributed by atoms with E-state index in [4.69, 9.17) is 4.74 Å². The van der Waals surface area contributed by atoms with Crippen molar-refractivity contribution >= 4 is 0 Å². The molecule has 1 rings (SSSR count). The highest BCUT2D eigenvalue weighted by Gasteiger charge is 2.32. The maximum atomic E-state index is 9.84. The van der Waals surface area contributed by atoms with Gasteiger partial charge in [-0.05, 0) is 32.1 Å². The van der Waals surface area contributed by atoms with E-state index >= 15 is 0 Å². The minimum atomic E-state index is -0.582. The molecule has 0 aliphatic heterocycles. The molecule has 2 unspecified atom stereocenters. The van der Waals surface area contributed by atoms with Gasteiger partial charge in [-0.1, -0.05) is 6.92 Å². The fraction of sp³-hybridized carbons (Fsp3) is 1.00. The third-order valence-corrected chi connectivity index (χ3v) is 3.04. The van der Waals surface area contributed by atoms with Crippen molar-refractivity contribution < 1.29 is 9.84 Å². The first-order valence-electron chi connectivity index (χ1n) is 5.54. The Morgan fingerprint density at radius 1 is 1.57 bits per heavy atom. The molecule has 2 N–H and O–H groups in total. The first-order chi connectivity index (χ1) is 6.59. The lowest BCUT2D eigenvalue weighted by Crippen LogP contribution is -2.44. The molecule has 0 aromatic rings. The van der Waals surface area contributed by atoms with Crippen molar-refractivity contribution in [3.63, 3.8) is 0 Å². The molecule has 84 valence electrons. The number of rotatable bonds is 7. The Morgan fingerprint density at radius 3 is 2.64 bits per heavy atom. The molecule has 14 heavy (non-hydrogen) atoms. The summed E-state index contributed by atoms with van der Waals surface area (Å²) >= 11 is 0. The van der Waals surface area contributed by atoms with Gasteiger partial charge in [0.1, 0.15) is 0 Å². The zero-order valence-corrected chi connectivity index (χ0v) is 9.55.